The number of carbonyl (C=O) groups excluding carboxylic acids is 1. The van der Waals surface area contributed by atoms with E-state index in [1.54, 1.807) is 19.2 Å². The summed E-state index contributed by atoms with van der Waals surface area (Å²) < 4.78 is 39.4. The molecule has 2 fully saturated rings. The summed E-state index contributed by atoms with van der Waals surface area (Å²) >= 11 is 5.98. The van der Waals surface area contributed by atoms with Crippen molar-refractivity contribution >= 4 is 27.5 Å². The first kappa shape index (κ1) is 21.5. The lowest BCUT2D eigenvalue weighted by Crippen LogP contribution is -2.57. The van der Waals surface area contributed by atoms with Crippen LogP contribution in [0.15, 0.2) is 29.2 Å². The van der Waals surface area contributed by atoms with Gasteiger partial charge in [-0.25, -0.2) is 8.42 Å². The minimum Gasteiger partial charge on any atom is -0.389 e. The lowest BCUT2D eigenvalue weighted by molar-refractivity contribution is -0.146. The topological polar surface area (TPSA) is 105 Å². The Morgan fingerprint density at radius 2 is 2.14 bits per heavy atom. The molecule has 0 saturated carbocycles. The molecule has 8 nitrogen and oxygen atoms in total. The van der Waals surface area contributed by atoms with Gasteiger partial charge in [-0.1, -0.05) is 17.7 Å². The molecule has 3 rings (SSSR count). The summed E-state index contributed by atoms with van der Waals surface area (Å²) in [6.07, 6.45) is -0.522. The number of carbonyl (C=O) groups is 1. The lowest BCUT2D eigenvalue weighted by Gasteiger charge is -2.43. The van der Waals surface area contributed by atoms with Crippen molar-refractivity contribution < 1.29 is 27.8 Å². The number of benzene rings is 1. The van der Waals surface area contributed by atoms with E-state index in [9.17, 15) is 18.3 Å². The third-order valence-corrected chi connectivity index (χ3v) is 7.15. The first-order valence-corrected chi connectivity index (χ1v) is 11.0. The molecule has 2 saturated heterocycles. The van der Waals surface area contributed by atoms with Crippen LogP contribution in [-0.4, -0.2) is 74.9 Å². The number of aliphatic hydroxyl groups excluding tert-OH is 1. The first-order valence-electron chi connectivity index (χ1n) is 9.20. The average Bonchev–Trinajstić information content (AvgIpc) is 2.65. The number of sulfonamides is 1. The van der Waals surface area contributed by atoms with Crippen molar-refractivity contribution in [3.63, 3.8) is 0 Å². The molecule has 1 aromatic carbocycles. The highest BCUT2D eigenvalue weighted by Crippen LogP contribution is 2.32. The smallest absolute Gasteiger partial charge is 0.243 e. The second-order valence-electron chi connectivity index (χ2n) is 7.04. The van der Waals surface area contributed by atoms with Gasteiger partial charge in [0.1, 0.15) is 0 Å². The first-order chi connectivity index (χ1) is 13.3. The van der Waals surface area contributed by atoms with Gasteiger partial charge in [-0.2, -0.15) is 4.31 Å². The summed E-state index contributed by atoms with van der Waals surface area (Å²) in [5.41, 5.74) is 0. The summed E-state index contributed by atoms with van der Waals surface area (Å²) in [6, 6.07) is 5.56. The van der Waals surface area contributed by atoms with Crippen molar-refractivity contribution in [3.05, 3.63) is 29.3 Å². The van der Waals surface area contributed by atoms with Crippen LogP contribution < -0.4 is 5.32 Å². The Bertz CT molecular complexity index is 805. The number of fused-ring (bicyclic) bond motifs is 1. The number of amides is 1. The molecule has 0 unspecified atom stereocenters. The summed E-state index contributed by atoms with van der Waals surface area (Å²) in [7, 11) is -2.34. The van der Waals surface area contributed by atoms with E-state index in [-0.39, 0.29) is 43.1 Å². The normalized spacial score (nSPS) is 29.4. The van der Waals surface area contributed by atoms with Crippen LogP contribution in [0.1, 0.15) is 19.3 Å². The molecule has 0 radical (unpaired) electrons. The maximum atomic E-state index is 13.3. The Morgan fingerprint density at radius 3 is 2.86 bits per heavy atom. The van der Waals surface area contributed by atoms with Gasteiger partial charge < -0.3 is 19.9 Å². The molecule has 10 heteroatoms. The number of β-amino-alcohol motifs (C(OH)–C–C–N with tert-alkyl or cyclic N) is 1. The number of aliphatic hydroxyl groups is 1. The van der Waals surface area contributed by atoms with Gasteiger partial charge in [0.05, 0.1) is 48.9 Å². The van der Waals surface area contributed by atoms with Gasteiger partial charge in [-0.3, -0.25) is 4.79 Å². The van der Waals surface area contributed by atoms with E-state index in [1.165, 1.54) is 16.4 Å². The summed E-state index contributed by atoms with van der Waals surface area (Å²) in [4.78, 5) is 11.7. The van der Waals surface area contributed by atoms with Crippen molar-refractivity contribution in [1.29, 1.82) is 0 Å². The fourth-order valence-corrected chi connectivity index (χ4v) is 5.66. The van der Waals surface area contributed by atoms with Crippen molar-refractivity contribution in [2.45, 2.75) is 48.5 Å². The van der Waals surface area contributed by atoms with E-state index >= 15 is 0 Å². The SMILES string of the molecule is CNC(=O)C[C@H]1CC[C@H]2[C@@H](COC[C@H](O)CN2S(=O)(=O)c2cccc(Cl)c2)O1. The predicted molar refractivity (Wildman–Crippen MR) is 103 cm³/mol. The molecule has 28 heavy (non-hydrogen) atoms. The monoisotopic (exact) mass is 432 g/mol. The second kappa shape index (κ2) is 9.06. The summed E-state index contributed by atoms with van der Waals surface area (Å²) in [6.45, 7) is 0.0568. The molecule has 2 aliphatic rings. The van der Waals surface area contributed by atoms with Gasteiger partial charge in [0.15, 0.2) is 0 Å². The largest absolute Gasteiger partial charge is 0.389 e. The van der Waals surface area contributed by atoms with Crippen LogP contribution in [0.25, 0.3) is 0 Å². The molecule has 156 valence electrons. The standard InChI is InChI=1S/C18H25ClN2O6S/c1-20-18(23)8-14-5-6-16-17(27-14)11-26-10-13(22)9-21(16)28(24,25)15-4-2-3-12(19)7-15/h2-4,7,13-14,16-17,22H,5-6,8-11H2,1H3,(H,20,23)/t13-,14-,16+,17-/m1/s1. The zero-order valence-electron chi connectivity index (χ0n) is 15.6. The predicted octanol–water partition coefficient (Wildman–Crippen LogP) is 0.774. The van der Waals surface area contributed by atoms with Crippen LogP contribution in [0, 0.1) is 0 Å². The van der Waals surface area contributed by atoms with Gasteiger partial charge in [0.2, 0.25) is 15.9 Å². The average molecular weight is 433 g/mol. The molecule has 0 bridgehead atoms. The van der Waals surface area contributed by atoms with Gasteiger partial charge in [-0.05, 0) is 31.0 Å². The Kier molecular flexibility index (Phi) is 6.95. The molecular formula is C18H25ClN2O6S. The van der Waals surface area contributed by atoms with Gasteiger partial charge in [0, 0.05) is 18.6 Å². The van der Waals surface area contributed by atoms with Gasteiger partial charge in [0.25, 0.3) is 0 Å². The van der Waals surface area contributed by atoms with Crippen LogP contribution in [-0.2, 0) is 24.3 Å². The Hall–Kier alpha value is -1.23. The lowest BCUT2D eigenvalue weighted by atomic mass is 9.96. The number of hydrogen-bond donors (Lipinski definition) is 2. The maximum Gasteiger partial charge on any atom is 0.243 e. The molecule has 2 N–H and O–H groups in total. The molecule has 0 spiro atoms. The van der Waals surface area contributed by atoms with Crippen molar-refractivity contribution in [3.8, 4) is 0 Å². The van der Waals surface area contributed by atoms with Crippen LogP contribution in [0.4, 0.5) is 0 Å². The molecule has 2 heterocycles. The van der Waals surface area contributed by atoms with E-state index in [2.05, 4.69) is 5.32 Å². The highest BCUT2D eigenvalue weighted by atomic mass is 35.5. The zero-order valence-corrected chi connectivity index (χ0v) is 17.2. The minimum atomic E-state index is -3.90. The maximum absolute atomic E-state index is 13.3. The van der Waals surface area contributed by atoms with Crippen LogP contribution in [0.5, 0.6) is 0 Å². The summed E-state index contributed by atoms with van der Waals surface area (Å²) in [5.74, 6) is -0.131. The number of nitrogens with zero attached hydrogens (tertiary/aromatic N) is 1. The number of ether oxygens (including phenoxy) is 2. The van der Waals surface area contributed by atoms with E-state index in [4.69, 9.17) is 21.1 Å². The number of nitrogens with one attached hydrogen (secondary N) is 1. The third-order valence-electron chi connectivity index (χ3n) is 5.03. The van der Waals surface area contributed by atoms with Crippen molar-refractivity contribution in [1.82, 2.24) is 9.62 Å². The molecule has 0 aliphatic carbocycles. The Labute approximate surface area is 169 Å². The summed E-state index contributed by atoms with van der Waals surface area (Å²) in [5, 5.41) is 13.1. The number of hydrogen-bond acceptors (Lipinski definition) is 6. The molecular weight excluding hydrogens is 408 g/mol. The van der Waals surface area contributed by atoms with Crippen LogP contribution >= 0.6 is 11.6 Å². The third kappa shape index (κ3) is 4.84. The van der Waals surface area contributed by atoms with E-state index in [1.807, 2.05) is 0 Å². The Morgan fingerprint density at radius 1 is 1.36 bits per heavy atom. The van der Waals surface area contributed by atoms with E-state index in [0.717, 1.165) is 0 Å². The number of rotatable bonds is 4. The Balaban J connectivity index is 1.87. The molecule has 1 aromatic rings. The molecule has 0 aromatic heterocycles. The van der Waals surface area contributed by atoms with Crippen molar-refractivity contribution in [2.75, 3.05) is 26.8 Å². The quantitative estimate of drug-likeness (QED) is 0.728. The van der Waals surface area contributed by atoms with Gasteiger partial charge >= 0.3 is 0 Å². The van der Waals surface area contributed by atoms with Crippen molar-refractivity contribution in [2.24, 2.45) is 0 Å². The molecule has 1 amide bonds. The van der Waals surface area contributed by atoms with Crippen LogP contribution in [0.2, 0.25) is 5.02 Å². The minimum absolute atomic E-state index is 0.00819. The van der Waals surface area contributed by atoms with Gasteiger partial charge in [-0.15, -0.1) is 0 Å². The fourth-order valence-electron chi connectivity index (χ4n) is 3.64. The second-order valence-corrected chi connectivity index (χ2v) is 9.37. The highest BCUT2D eigenvalue weighted by molar-refractivity contribution is 7.89. The van der Waals surface area contributed by atoms with E-state index in [0.29, 0.717) is 17.9 Å². The van der Waals surface area contributed by atoms with Crippen LogP contribution in [0.3, 0.4) is 0 Å². The van der Waals surface area contributed by atoms with E-state index < -0.39 is 28.3 Å². The molecule has 2 aliphatic heterocycles. The number of halogens is 1. The zero-order chi connectivity index (χ0) is 20.3. The fraction of sp³-hybridized carbons (Fsp3) is 0.611. The molecule has 4 atom stereocenters. The highest BCUT2D eigenvalue weighted by Gasteiger charge is 2.43.